The maximum absolute atomic E-state index is 10.2. The van der Waals surface area contributed by atoms with Crippen LogP contribution in [0.3, 0.4) is 0 Å². The second-order valence-corrected chi connectivity index (χ2v) is 1.38. The van der Waals surface area contributed by atoms with E-state index in [0.717, 1.165) is 14.0 Å². The summed E-state index contributed by atoms with van der Waals surface area (Å²) in [5.74, 6) is -3.03. The van der Waals surface area contributed by atoms with Gasteiger partial charge in [0, 0.05) is 44.2 Å². The van der Waals surface area contributed by atoms with Crippen molar-refractivity contribution in [2.75, 3.05) is 7.11 Å². The van der Waals surface area contributed by atoms with Gasteiger partial charge in [-0.05, 0) is 0 Å². The maximum atomic E-state index is 10.2. The Morgan fingerprint density at radius 2 is 1.55 bits per heavy atom. The van der Waals surface area contributed by atoms with E-state index < -0.39 is 17.5 Å². The lowest BCUT2D eigenvalue weighted by Gasteiger charge is -1.90. The molecule has 0 bridgehead atoms. The van der Waals surface area contributed by atoms with Crippen LogP contribution in [0.1, 0.15) is 6.92 Å². The first-order valence-electron chi connectivity index (χ1n) is 2.37. The minimum Gasteiger partial charge on any atom is -0.463 e. The number of halogens is 2. The van der Waals surface area contributed by atoms with Crippen LogP contribution < -0.4 is 0 Å². The van der Waals surface area contributed by atoms with Gasteiger partial charge in [-0.15, -0.1) is 0 Å². The van der Waals surface area contributed by atoms with Crippen molar-refractivity contribution in [3.05, 3.63) is 0 Å². The Hall–Kier alpha value is 0.270. The summed E-state index contributed by atoms with van der Waals surface area (Å²) in [7, 11) is 1.04. The second kappa shape index (κ2) is 8.37. The van der Waals surface area contributed by atoms with Crippen molar-refractivity contribution < 1.29 is 19.1 Å². The molecule has 0 aromatic rings. The quantitative estimate of drug-likeness (QED) is 0.310. The molecule has 0 aliphatic carbocycles. The highest BCUT2D eigenvalue weighted by atomic mass is 128. The van der Waals surface area contributed by atoms with Crippen LogP contribution in [0.25, 0.3) is 0 Å². The molecule has 0 aromatic carbocycles. The van der Waals surface area contributed by atoms with Gasteiger partial charge < -0.3 is 4.74 Å². The lowest BCUT2D eigenvalue weighted by molar-refractivity contribution is -0.154. The summed E-state index contributed by atoms with van der Waals surface area (Å²) in [5, 5.41) is 0. The van der Waals surface area contributed by atoms with Gasteiger partial charge in [0.25, 0.3) is 0 Å². The van der Waals surface area contributed by atoms with Gasteiger partial charge in [-0.3, -0.25) is 9.59 Å². The molecule has 0 radical (unpaired) electrons. The van der Waals surface area contributed by atoms with Gasteiger partial charge in [0.15, 0.2) is 0 Å². The van der Waals surface area contributed by atoms with Gasteiger partial charge in [0.1, 0.15) is 0 Å². The van der Waals surface area contributed by atoms with Crippen molar-refractivity contribution in [3.8, 4) is 0 Å². The third kappa shape index (κ3) is 6.66. The van der Waals surface area contributed by atoms with E-state index in [0.29, 0.717) is 0 Å². The van der Waals surface area contributed by atoms with E-state index in [4.69, 9.17) is 0 Å². The first-order valence-corrected chi connectivity index (χ1v) is 8.65. The Labute approximate surface area is 87.4 Å². The number of hydrogen-bond acceptors (Lipinski definition) is 4. The van der Waals surface area contributed by atoms with Crippen LogP contribution in [-0.2, 0) is 19.1 Å². The second-order valence-electron chi connectivity index (χ2n) is 1.38. The topological polar surface area (TPSA) is 60.4 Å². The molecule has 0 unspecified atom stereocenters. The van der Waals surface area contributed by atoms with E-state index in [-0.39, 0.29) is 0 Å². The number of carbonyl (C=O) groups excluding carboxylic acids is 3. The first kappa shape index (κ1) is 13.8. The maximum Gasteiger partial charge on any atom is 0.382 e. The molecule has 0 aromatic heterocycles. The van der Waals surface area contributed by atoms with Crippen molar-refractivity contribution in [3.63, 3.8) is 0 Å². The molecule has 11 heavy (non-hydrogen) atoms. The summed E-state index contributed by atoms with van der Waals surface area (Å²) >= 11 is 4.24. The van der Waals surface area contributed by atoms with E-state index >= 15 is 0 Å². The first-order chi connectivity index (χ1) is 5.09. The fraction of sp³-hybridized carbons (Fsp3) is 0.400. The Kier molecular flexibility index (Phi) is 10.5. The van der Waals surface area contributed by atoms with Crippen LogP contribution in [0.4, 0.5) is 0 Å². The normalized spacial score (nSPS) is 7.27. The van der Waals surface area contributed by atoms with Gasteiger partial charge in [-0.2, -0.15) is 0 Å². The zero-order valence-corrected chi connectivity index (χ0v) is 10.2. The molecule has 0 saturated heterocycles. The van der Waals surface area contributed by atoms with Crippen molar-refractivity contribution in [2.24, 2.45) is 0 Å². The number of Topliss-reactive ketones (excluding diaryl/α,β-unsaturated/α-hetero) is 2. The molecule has 0 fully saturated rings. The largest absolute Gasteiger partial charge is 0.463 e. The highest BCUT2D eigenvalue weighted by Gasteiger charge is 2.18. The SMILES string of the molecule is COC(=O)C(=O)C(C)=O.II. The monoisotopic (exact) mass is 384 g/mol. The zero-order chi connectivity index (χ0) is 9.44. The van der Waals surface area contributed by atoms with Crippen LogP contribution in [-0.4, -0.2) is 24.6 Å². The molecule has 0 spiro atoms. The van der Waals surface area contributed by atoms with Crippen molar-refractivity contribution in [1.82, 2.24) is 0 Å². The van der Waals surface area contributed by atoms with Crippen molar-refractivity contribution in [1.29, 1.82) is 0 Å². The van der Waals surface area contributed by atoms with E-state index in [2.05, 4.69) is 42.0 Å². The molecular weight excluding hydrogens is 378 g/mol. The predicted octanol–water partition coefficient (Wildman–Crippen LogP) is 1.09. The standard InChI is InChI=1S/C5H6O4.I2/c1-3(6)4(7)5(8)9-2;1-2/h1-2H3;. The zero-order valence-electron chi connectivity index (χ0n) is 5.89. The number of methoxy groups -OCH3 is 1. The van der Waals surface area contributed by atoms with E-state index in [1.807, 2.05) is 0 Å². The lowest BCUT2D eigenvalue weighted by Crippen LogP contribution is -2.22. The Balaban J connectivity index is 0. The molecule has 0 aliphatic heterocycles. The number of hydrogen-bond donors (Lipinski definition) is 0. The summed E-state index contributed by atoms with van der Waals surface area (Å²) in [5.41, 5.74) is 0. The summed E-state index contributed by atoms with van der Waals surface area (Å²) in [6.45, 7) is 1.01. The molecule has 0 N–H and O–H groups in total. The molecule has 0 aliphatic rings. The number of ether oxygens (including phenoxy) is 1. The summed E-state index contributed by atoms with van der Waals surface area (Å²) in [6, 6.07) is 0. The average molecular weight is 384 g/mol. The Morgan fingerprint density at radius 1 is 1.18 bits per heavy atom. The molecule has 4 nitrogen and oxygen atoms in total. The number of esters is 1. The summed E-state index contributed by atoms with van der Waals surface area (Å²) < 4.78 is 3.96. The third-order valence-electron chi connectivity index (χ3n) is 0.691. The van der Waals surface area contributed by atoms with Crippen LogP contribution in [0.5, 0.6) is 0 Å². The van der Waals surface area contributed by atoms with E-state index in [1.54, 1.807) is 0 Å². The Morgan fingerprint density at radius 3 is 1.64 bits per heavy atom. The number of carbonyl (C=O) groups is 3. The molecule has 64 valence electrons. The van der Waals surface area contributed by atoms with E-state index in [9.17, 15) is 14.4 Å². The smallest absolute Gasteiger partial charge is 0.382 e. The van der Waals surface area contributed by atoms with Gasteiger partial charge in [0.05, 0.1) is 7.11 Å². The number of ketones is 2. The van der Waals surface area contributed by atoms with Crippen molar-refractivity contribution >= 4 is 54.8 Å². The van der Waals surface area contributed by atoms with Crippen LogP contribution in [0.2, 0.25) is 0 Å². The summed E-state index contributed by atoms with van der Waals surface area (Å²) in [6.07, 6.45) is 0. The minimum absolute atomic E-state index is 0.804. The fourth-order valence-electron chi connectivity index (χ4n) is 0.236. The van der Waals surface area contributed by atoms with Crippen molar-refractivity contribution in [2.45, 2.75) is 6.92 Å². The van der Waals surface area contributed by atoms with Crippen LogP contribution >= 0.6 is 37.2 Å². The molecule has 0 rings (SSSR count). The van der Waals surface area contributed by atoms with Crippen LogP contribution in [0, 0.1) is 0 Å². The predicted molar refractivity (Wildman–Crippen MR) is 55.7 cm³/mol. The molecule has 0 atom stereocenters. The molecular formula is C5H6I2O4. The van der Waals surface area contributed by atoms with Gasteiger partial charge >= 0.3 is 11.8 Å². The lowest BCUT2D eigenvalue weighted by atomic mass is 10.3. The average Bonchev–Trinajstić information content (AvgIpc) is 2.05. The number of rotatable bonds is 2. The van der Waals surface area contributed by atoms with Gasteiger partial charge in [-0.25, -0.2) is 4.79 Å². The molecule has 0 heterocycles. The van der Waals surface area contributed by atoms with Gasteiger partial charge in [0.2, 0.25) is 5.78 Å². The Bertz CT molecular complexity index is 166. The van der Waals surface area contributed by atoms with Crippen LogP contribution in [0.15, 0.2) is 0 Å². The minimum atomic E-state index is -1.11. The third-order valence-corrected chi connectivity index (χ3v) is 0.691. The highest BCUT2D eigenvalue weighted by Crippen LogP contribution is 1.89. The fourth-order valence-corrected chi connectivity index (χ4v) is 0.236. The molecule has 0 amide bonds. The molecule has 6 heteroatoms. The highest BCUT2D eigenvalue weighted by molar-refractivity contribution is 15.0. The summed E-state index contributed by atoms with van der Waals surface area (Å²) in [4.78, 5) is 30.5. The van der Waals surface area contributed by atoms with Gasteiger partial charge in [-0.1, -0.05) is 0 Å². The molecule has 0 saturated carbocycles. The van der Waals surface area contributed by atoms with E-state index in [1.165, 1.54) is 0 Å².